The van der Waals surface area contributed by atoms with Crippen LogP contribution in [0.2, 0.25) is 0 Å². The number of nitrogens with zero attached hydrogens (tertiary/aromatic N) is 1. The van der Waals surface area contributed by atoms with Gasteiger partial charge in [-0.1, -0.05) is 18.2 Å². The molecule has 0 spiro atoms. The summed E-state index contributed by atoms with van der Waals surface area (Å²) in [6.07, 6.45) is 0.406. The fourth-order valence-electron chi connectivity index (χ4n) is 3.02. The van der Waals surface area contributed by atoms with Crippen molar-refractivity contribution < 1.29 is 23.2 Å². The first-order valence-corrected chi connectivity index (χ1v) is 8.58. The minimum Gasteiger partial charge on any atom is -0.350 e. The number of fused-ring (bicyclic) bond motifs is 1. The fraction of sp³-hybridized carbons (Fsp3) is 0.250. The average molecular weight is 372 g/mol. The van der Waals surface area contributed by atoms with Gasteiger partial charge < -0.3 is 5.32 Å². The van der Waals surface area contributed by atoms with Gasteiger partial charge in [0, 0.05) is 13.0 Å². The Labute approximate surface area is 155 Å². The number of rotatable bonds is 6. The molecule has 0 aliphatic carbocycles. The number of amides is 3. The van der Waals surface area contributed by atoms with Crippen molar-refractivity contribution in [1.29, 1.82) is 0 Å². The van der Waals surface area contributed by atoms with Crippen LogP contribution in [-0.2, 0) is 4.79 Å². The average Bonchev–Trinajstić information content (AvgIpc) is 2.89. The van der Waals surface area contributed by atoms with Gasteiger partial charge in [0.05, 0.1) is 17.2 Å². The largest absolute Gasteiger partial charge is 0.350 e. The molecule has 0 saturated carbocycles. The number of hydrogen-bond acceptors (Lipinski definition) is 3. The zero-order valence-electron chi connectivity index (χ0n) is 14.7. The van der Waals surface area contributed by atoms with E-state index in [1.54, 1.807) is 31.2 Å². The van der Waals surface area contributed by atoms with Crippen molar-refractivity contribution in [2.75, 3.05) is 6.54 Å². The standard InChI is InChI=1S/C20H18F2N2O3/c1-12(13-8-9-16(21)17(22)11-13)23-18(25)7-4-10-24-19(26)14-5-2-3-6-15(14)20(24)27/h2-3,5-6,8-9,11-12H,4,7,10H2,1H3,(H,23,25). The SMILES string of the molecule is CC(NC(=O)CCCN1C(=O)c2ccccc2C1=O)c1ccc(F)c(F)c1. The summed E-state index contributed by atoms with van der Waals surface area (Å²) in [5.41, 5.74) is 1.19. The van der Waals surface area contributed by atoms with Crippen LogP contribution in [0.5, 0.6) is 0 Å². The van der Waals surface area contributed by atoms with Gasteiger partial charge in [-0.2, -0.15) is 0 Å². The molecule has 0 bridgehead atoms. The Bertz CT molecular complexity index is 879. The van der Waals surface area contributed by atoms with Gasteiger partial charge in [-0.15, -0.1) is 0 Å². The highest BCUT2D eigenvalue weighted by Crippen LogP contribution is 2.22. The molecule has 1 unspecified atom stereocenters. The number of hydrogen-bond donors (Lipinski definition) is 1. The van der Waals surface area contributed by atoms with E-state index in [0.29, 0.717) is 23.1 Å². The molecular weight excluding hydrogens is 354 g/mol. The van der Waals surface area contributed by atoms with E-state index in [1.807, 2.05) is 0 Å². The molecular formula is C20H18F2N2O3. The zero-order valence-corrected chi connectivity index (χ0v) is 14.7. The van der Waals surface area contributed by atoms with Crippen molar-refractivity contribution in [3.63, 3.8) is 0 Å². The lowest BCUT2D eigenvalue weighted by Gasteiger charge is -2.16. The summed E-state index contributed by atoms with van der Waals surface area (Å²) >= 11 is 0. The van der Waals surface area contributed by atoms with E-state index < -0.39 is 17.7 Å². The molecule has 0 aromatic heterocycles. The summed E-state index contributed by atoms with van der Waals surface area (Å²) < 4.78 is 26.3. The second kappa shape index (κ2) is 7.65. The van der Waals surface area contributed by atoms with Gasteiger partial charge in [0.2, 0.25) is 5.91 Å². The first kappa shape index (κ1) is 18.7. The highest BCUT2D eigenvalue weighted by molar-refractivity contribution is 6.21. The number of benzene rings is 2. The number of carbonyl (C=O) groups excluding carboxylic acids is 3. The van der Waals surface area contributed by atoms with E-state index in [4.69, 9.17) is 0 Å². The van der Waals surface area contributed by atoms with E-state index in [0.717, 1.165) is 17.0 Å². The molecule has 3 amide bonds. The highest BCUT2D eigenvalue weighted by atomic mass is 19.2. The first-order valence-electron chi connectivity index (χ1n) is 8.58. The second-order valence-corrected chi connectivity index (χ2v) is 6.37. The van der Waals surface area contributed by atoms with Crippen molar-refractivity contribution >= 4 is 17.7 Å². The number of halogens is 2. The molecule has 0 saturated heterocycles. The normalized spacial score (nSPS) is 14.3. The zero-order chi connectivity index (χ0) is 19.6. The molecule has 0 radical (unpaired) electrons. The molecule has 2 aromatic carbocycles. The molecule has 140 valence electrons. The quantitative estimate of drug-likeness (QED) is 0.792. The highest BCUT2D eigenvalue weighted by Gasteiger charge is 2.34. The van der Waals surface area contributed by atoms with Gasteiger partial charge in [0.25, 0.3) is 11.8 Å². The van der Waals surface area contributed by atoms with E-state index in [-0.39, 0.29) is 30.7 Å². The van der Waals surface area contributed by atoms with Crippen molar-refractivity contribution in [1.82, 2.24) is 10.2 Å². The van der Waals surface area contributed by atoms with Crippen molar-refractivity contribution in [3.05, 3.63) is 70.8 Å². The van der Waals surface area contributed by atoms with E-state index in [1.165, 1.54) is 6.07 Å². The molecule has 2 aromatic rings. The summed E-state index contributed by atoms with van der Waals surface area (Å²) in [6, 6.07) is 9.56. The van der Waals surface area contributed by atoms with Crippen LogP contribution in [0.15, 0.2) is 42.5 Å². The third-order valence-electron chi connectivity index (χ3n) is 4.48. The summed E-state index contributed by atoms with van der Waals surface area (Å²) in [7, 11) is 0. The third-order valence-corrected chi connectivity index (χ3v) is 4.48. The molecule has 1 atom stereocenters. The number of imide groups is 1. The third kappa shape index (κ3) is 3.86. The molecule has 0 fully saturated rings. The Morgan fingerprint density at radius 3 is 2.26 bits per heavy atom. The number of carbonyl (C=O) groups is 3. The molecule has 3 rings (SSSR count). The topological polar surface area (TPSA) is 66.5 Å². The molecule has 1 aliphatic heterocycles. The van der Waals surface area contributed by atoms with Gasteiger partial charge in [0.1, 0.15) is 0 Å². The maximum atomic E-state index is 13.3. The lowest BCUT2D eigenvalue weighted by atomic mass is 10.1. The van der Waals surface area contributed by atoms with Gasteiger partial charge in [0.15, 0.2) is 11.6 Å². The molecule has 1 heterocycles. The predicted molar refractivity (Wildman–Crippen MR) is 94.0 cm³/mol. The Hall–Kier alpha value is -3.09. The smallest absolute Gasteiger partial charge is 0.261 e. The molecule has 27 heavy (non-hydrogen) atoms. The van der Waals surface area contributed by atoms with Crippen molar-refractivity contribution in [2.45, 2.75) is 25.8 Å². The van der Waals surface area contributed by atoms with Crippen LogP contribution in [-0.4, -0.2) is 29.2 Å². The Morgan fingerprint density at radius 2 is 1.67 bits per heavy atom. The van der Waals surface area contributed by atoms with Crippen LogP contribution in [0.3, 0.4) is 0 Å². The van der Waals surface area contributed by atoms with Crippen LogP contribution in [0.1, 0.15) is 52.1 Å². The van der Waals surface area contributed by atoms with Crippen LogP contribution < -0.4 is 5.32 Å². The maximum absolute atomic E-state index is 13.3. The van der Waals surface area contributed by atoms with E-state index >= 15 is 0 Å². The predicted octanol–water partition coefficient (Wildman–Crippen LogP) is 3.22. The summed E-state index contributed by atoms with van der Waals surface area (Å²) in [5.74, 6) is -2.93. The van der Waals surface area contributed by atoms with Crippen molar-refractivity contribution in [2.24, 2.45) is 0 Å². The second-order valence-electron chi connectivity index (χ2n) is 6.37. The minimum atomic E-state index is -0.973. The van der Waals surface area contributed by atoms with Crippen LogP contribution >= 0.6 is 0 Å². The Kier molecular flexibility index (Phi) is 5.30. The minimum absolute atomic E-state index is 0.0986. The molecule has 1 N–H and O–H groups in total. The molecule has 1 aliphatic rings. The summed E-state index contributed by atoms with van der Waals surface area (Å²) in [4.78, 5) is 37.7. The van der Waals surface area contributed by atoms with Crippen LogP contribution in [0.25, 0.3) is 0 Å². The lowest BCUT2D eigenvalue weighted by Crippen LogP contribution is -2.32. The fourth-order valence-corrected chi connectivity index (χ4v) is 3.02. The maximum Gasteiger partial charge on any atom is 0.261 e. The first-order chi connectivity index (χ1) is 12.9. The molecule has 5 nitrogen and oxygen atoms in total. The molecule has 7 heteroatoms. The number of nitrogens with one attached hydrogen (secondary N) is 1. The summed E-state index contributed by atoms with van der Waals surface area (Å²) in [5, 5.41) is 2.69. The monoisotopic (exact) mass is 372 g/mol. The Balaban J connectivity index is 1.51. The van der Waals surface area contributed by atoms with E-state index in [9.17, 15) is 23.2 Å². The van der Waals surface area contributed by atoms with E-state index in [2.05, 4.69) is 5.32 Å². The van der Waals surface area contributed by atoms with Gasteiger partial charge >= 0.3 is 0 Å². The van der Waals surface area contributed by atoms with Crippen LogP contribution in [0.4, 0.5) is 8.78 Å². The van der Waals surface area contributed by atoms with Gasteiger partial charge in [-0.3, -0.25) is 19.3 Å². The summed E-state index contributed by atoms with van der Waals surface area (Å²) in [6.45, 7) is 1.80. The van der Waals surface area contributed by atoms with Gasteiger partial charge in [-0.25, -0.2) is 8.78 Å². The van der Waals surface area contributed by atoms with Gasteiger partial charge in [-0.05, 0) is 43.2 Å². The Morgan fingerprint density at radius 1 is 1.04 bits per heavy atom. The van der Waals surface area contributed by atoms with Crippen molar-refractivity contribution in [3.8, 4) is 0 Å². The lowest BCUT2D eigenvalue weighted by molar-refractivity contribution is -0.121. The van der Waals surface area contributed by atoms with Crippen LogP contribution in [0, 0.1) is 11.6 Å².